The number of carbonyl (C=O) groups is 1. The van der Waals surface area contributed by atoms with Gasteiger partial charge in [0.1, 0.15) is 17.9 Å². The van der Waals surface area contributed by atoms with Gasteiger partial charge in [0.15, 0.2) is 11.6 Å². The van der Waals surface area contributed by atoms with Gasteiger partial charge in [-0.25, -0.2) is 9.18 Å². The number of rotatable bonds is 4. The van der Waals surface area contributed by atoms with Crippen LogP contribution in [0, 0.1) is 5.82 Å². The van der Waals surface area contributed by atoms with E-state index in [0.29, 0.717) is 30.0 Å². The van der Waals surface area contributed by atoms with Crippen LogP contribution in [0.2, 0.25) is 0 Å². The van der Waals surface area contributed by atoms with Crippen LogP contribution in [0.4, 0.5) is 10.1 Å². The maximum atomic E-state index is 15.1. The molecule has 28 heavy (non-hydrogen) atoms. The fraction of sp³-hybridized carbons (Fsp3) is 0.500. The molecule has 0 spiro atoms. The summed E-state index contributed by atoms with van der Waals surface area (Å²) in [6.07, 6.45) is 2.43. The number of halogens is 1. The summed E-state index contributed by atoms with van der Waals surface area (Å²) < 4.78 is 22.8. The van der Waals surface area contributed by atoms with Crippen molar-refractivity contribution < 1.29 is 19.0 Å². The van der Waals surface area contributed by atoms with Crippen molar-refractivity contribution in [2.75, 3.05) is 44.2 Å². The second-order valence-electron chi connectivity index (χ2n) is 7.51. The highest BCUT2D eigenvalue weighted by atomic mass is 19.1. The first-order chi connectivity index (χ1) is 13.4. The molecular formula is C20H24FN3O4. The molecule has 0 unspecified atom stereocenters. The Morgan fingerprint density at radius 3 is 2.68 bits per heavy atom. The van der Waals surface area contributed by atoms with Gasteiger partial charge in [0.25, 0.3) is 0 Å². The average molecular weight is 389 g/mol. The van der Waals surface area contributed by atoms with E-state index in [1.807, 2.05) is 11.8 Å². The van der Waals surface area contributed by atoms with Crippen molar-refractivity contribution in [1.82, 2.24) is 9.47 Å². The van der Waals surface area contributed by atoms with E-state index in [2.05, 4.69) is 11.8 Å². The Labute approximate surface area is 161 Å². The fourth-order valence-corrected chi connectivity index (χ4v) is 4.17. The Morgan fingerprint density at radius 1 is 1.32 bits per heavy atom. The van der Waals surface area contributed by atoms with Crippen molar-refractivity contribution in [2.45, 2.75) is 26.3 Å². The highest BCUT2D eigenvalue weighted by molar-refractivity contribution is 5.97. The maximum absolute atomic E-state index is 15.1. The number of benzene rings is 1. The lowest BCUT2D eigenvalue weighted by molar-refractivity contribution is 0.0694. The largest absolute Gasteiger partial charge is 0.487 e. The molecule has 1 fully saturated rings. The van der Waals surface area contributed by atoms with Crippen molar-refractivity contribution in [1.29, 1.82) is 0 Å². The lowest BCUT2D eigenvalue weighted by Crippen LogP contribution is -2.47. The van der Waals surface area contributed by atoms with Gasteiger partial charge in [-0.3, -0.25) is 9.69 Å². The maximum Gasteiger partial charge on any atom is 0.341 e. The number of carboxylic acid groups (broad SMARTS) is 1. The number of hydrogen-bond donors (Lipinski definition) is 1. The molecule has 0 saturated carbocycles. The summed E-state index contributed by atoms with van der Waals surface area (Å²) in [7, 11) is 0. The zero-order chi connectivity index (χ0) is 20.0. The van der Waals surface area contributed by atoms with Gasteiger partial charge in [0, 0.05) is 32.4 Å². The van der Waals surface area contributed by atoms with Gasteiger partial charge in [-0.15, -0.1) is 0 Å². The molecule has 0 amide bonds. The van der Waals surface area contributed by atoms with Crippen molar-refractivity contribution in [3.63, 3.8) is 0 Å². The van der Waals surface area contributed by atoms with Gasteiger partial charge < -0.3 is 19.3 Å². The van der Waals surface area contributed by atoms with Gasteiger partial charge in [0.05, 0.1) is 16.9 Å². The minimum atomic E-state index is -1.31. The lowest BCUT2D eigenvalue weighted by atomic mass is 10.1. The molecule has 3 heterocycles. The van der Waals surface area contributed by atoms with E-state index >= 15 is 4.39 Å². The molecule has 150 valence electrons. The molecule has 2 aliphatic rings. The molecule has 1 aromatic carbocycles. The molecule has 0 aliphatic carbocycles. The molecule has 1 aromatic heterocycles. The number of anilines is 1. The minimum absolute atomic E-state index is 0.0484. The van der Waals surface area contributed by atoms with Crippen LogP contribution in [-0.2, 0) is 0 Å². The Kier molecular flexibility index (Phi) is 4.74. The topological polar surface area (TPSA) is 75.0 Å². The third-order valence-electron chi connectivity index (χ3n) is 5.60. The molecule has 8 heteroatoms. The molecule has 7 nitrogen and oxygen atoms in total. The Balaban J connectivity index is 1.87. The zero-order valence-corrected chi connectivity index (χ0v) is 16.1. The van der Waals surface area contributed by atoms with Gasteiger partial charge in [-0.2, -0.15) is 0 Å². The second-order valence-corrected chi connectivity index (χ2v) is 7.51. The van der Waals surface area contributed by atoms with Gasteiger partial charge in [-0.1, -0.05) is 6.92 Å². The van der Waals surface area contributed by atoms with Gasteiger partial charge in [0.2, 0.25) is 5.43 Å². The first-order valence-electron chi connectivity index (χ1n) is 9.67. The minimum Gasteiger partial charge on any atom is -0.487 e. The summed E-state index contributed by atoms with van der Waals surface area (Å²) in [6, 6.07) is 1.01. The number of nitrogens with zero attached hydrogens (tertiary/aromatic N) is 3. The average Bonchev–Trinajstić information content (AvgIpc) is 2.67. The summed E-state index contributed by atoms with van der Waals surface area (Å²) in [4.78, 5) is 28.4. The van der Waals surface area contributed by atoms with E-state index in [1.54, 1.807) is 4.57 Å². The number of aromatic nitrogens is 1. The van der Waals surface area contributed by atoms with Crippen molar-refractivity contribution in [2.24, 2.45) is 0 Å². The van der Waals surface area contributed by atoms with Crippen LogP contribution < -0.4 is 15.1 Å². The van der Waals surface area contributed by atoms with Crippen LogP contribution in [0.1, 0.15) is 36.7 Å². The highest BCUT2D eigenvalue weighted by Crippen LogP contribution is 2.42. The standard InChI is InChI=1S/C20H24FN3O4/c1-3-4-22-5-7-23(8-6-22)17-15(21)9-13-16-19(17)28-11-12(2)24(16)10-14(18(13)25)20(26)27/h9-10,12H,3-8,11H2,1-2H3,(H,26,27)/t12-/m0/s1. The summed E-state index contributed by atoms with van der Waals surface area (Å²) >= 11 is 0. The number of aromatic carboxylic acids is 1. The molecule has 2 aromatic rings. The first kappa shape index (κ1) is 18.7. The third-order valence-corrected chi connectivity index (χ3v) is 5.60. The van der Waals surface area contributed by atoms with E-state index in [-0.39, 0.29) is 23.6 Å². The van der Waals surface area contributed by atoms with Crippen LogP contribution in [0.25, 0.3) is 10.9 Å². The number of hydrogen-bond acceptors (Lipinski definition) is 5. The van der Waals surface area contributed by atoms with Crippen molar-refractivity contribution in [3.05, 3.63) is 33.9 Å². The Bertz CT molecular complexity index is 995. The van der Waals surface area contributed by atoms with Gasteiger partial charge in [-0.05, 0) is 26.0 Å². The van der Waals surface area contributed by atoms with Crippen LogP contribution in [-0.4, -0.2) is 59.9 Å². The summed E-state index contributed by atoms with van der Waals surface area (Å²) in [5, 5.41) is 9.41. The van der Waals surface area contributed by atoms with Crippen molar-refractivity contribution >= 4 is 22.6 Å². The monoisotopic (exact) mass is 389 g/mol. The molecule has 2 aliphatic heterocycles. The van der Waals surface area contributed by atoms with Crippen LogP contribution in [0.15, 0.2) is 17.1 Å². The summed E-state index contributed by atoms with van der Waals surface area (Å²) in [6.45, 7) is 8.35. The van der Waals surface area contributed by atoms with E-state index in [4.69, 9.17) is 4.74 Å². The lowest BCUT2D eigenvalue weighted by Gasteiger charge is -2.38. The van der Waals surface area contributed by atoms with Crippen LogP contribution in [0.3, 0.4) is 0 Å². The van der Waals surface area contributed by atoms with Crippen molar-refractivity contribution in [3.8, 4) is 5.75 Å². The normalized spacial score (nSPS) is 19.7. The molecule has 1 N–H and O–H groups in total. The van der Waals surface area contributed by atoms with Crippen LogP contribution >= 0.6 is 0 Å². The SMILES string of the molecule is CCCN1CCN(c2c(F)cc3c(=O)c(C(=O)O)cn4c3c2OC[C@@H]4C)CC1. The van der Waals surface area contributed by atoms with Gasteiger partial charge >= 0.3 is 5.97 Å². The zero-order valence-electron chi connectivity index (χ0n) is 16.1. The van der Waals surface area contributed by atoms with E-state index in [0.717, 1.165) is 26.1 Å². The van der Waals surface area contributed by atoms with E-state index in [1.165, 1.54) is 12.3 Å². The molecular weight excluding hydrogens is 365 g/mol. The predicted octanol–water partition coefficient (Wildman–Crippen LogP) is 2.32. The predicted molar refractivity (Wildman–Crippen MR) is 104 cm³/mol. The highest BCUT2D eigenvalue weighted by Gasteiger charge is 2.31. The van der Waals surface area contributed by atoms with Crippen LogP contribution in [0.5, 0.6) is 5.75 Å². The number of ether oxygens (including phenoxy) is 1. The molecule has 4 rings (SSSR count). The third kappa shape index (κ3) is 2.92. The summed E-state index contributed by atoms with van der Waals surface area (Å²) in [5.74, 6) is -1.52. The smallest absolute Gasteiger partial charge is 0.341 e. The number of piperazine rings is 1. The first-order valence-corrected chi connectivity index (χ1v) is 9.67. The molecule has 0 radical (unpaired) electrons. The Morgan fingerprint density at radius 2 is 2.04 bits per heavy atom. The van der Waals surface area contributed by atoms with E-state index in [9.17, 15) is 14.7 Å². The van der Waals surface area contributed by atoms with E-state index < -0.39 is 17.2 Å². The summed E-state index contributed by atoms with van der Waals surface area (Å²) in [5.41, 5.74) is -0.198. The number of pyridine rings is 1. The quantitative estimate of drug-likeness (QED) is 0.865. The molecule has 1 saturated heterocycles. The molecule has 0 bridgehead atoms. The molecule has 1 atom stereocenters. The number of carboxylic acids is 1. The Hall–Kier alpha value is -2.61. The second kappa shape index (κ2) is 7.09. The fourth-order valence-electron chi connectivity index (χ4n) is 4.17.